The Morgan fingerprint density at radius 3 is 3.17 bits per heavy atom. The van der Waals surface area contributed by atoms with Gasteiger partial charge in [-0.1, -0.05) is 16.8 Å². The Kier molecular flexibility index (Phi) is 3.05. The van der Waals surface area contributed by atoms with Gasteiger partial charge in [-0.25, -0.2) is 0 Å². The van der Waals surface area contributed by atoms with Gasteiger partial charge in [0.2, 0.25) is 0 Å². The molecule has 96 valence electrons. The first-order chi connectivity index (χ1) is 8.79. The van der Waals surface area contributed by atoms with Gasteiger partial charge in [0.25, 0.3) is 5.89 Å². The molecule has 0 aliphatic carbocycles. The van der Waals surface area contributed by atoms with Gasteiger partial charge < -0.3 is 9.26 Å². The number of nitrogens with zero attached hydrogens (tertiary/aromatic N) is 4. The molecule has 3 heterocycles. The van der Waals surface area contributed by atoms with E-state index in [2.05, 4.69) is 15.2 Å². The average molecular weight is 269 g/mol. The van der Waals surface area contributed by atoms with Crippen molar-refractivity contribution < 1.29 is 9.26 Å². The molecule has 3 rings (SSSR count). The molecule has 6 nitrogen and oxygen atoms in total. The van der Waals surface area contributed by atoms with Crippen molar-refractivity contribution in [2.45, 2.75) is 25.8 Å². The van der Waals surface area contributed by atoms with E-state index in [1.807, 2.05) is 6.92 Å². The van der Waals surface area contributed by atoms with E-state index in [4.69, 9.17) is 20.9 Å². The summed E-state index contributed by atoms with van der Waals surface area (Å²) in [5.41, 5.74) is 0.678. The van der Waals surface area contributed by atoms with E-state index in [1.165, 1.54) is 0 Å². The van der Waals surface area contributed by atoms with Crippen LogP contribution in [0, 0.1) is 0 Å². The first-order valence-corrected chi connectivity index (χ1v) is 6.30. The third-order valence-corrected chi connectivity index (χ3v) is 3.31. The Bertz CT molecular complexity index is 545. The average Bonchev–Trinajstić information content (AvgIpc) is 3.07. The molecule has 1 aliphatic rings. The van der Waals surface area contributed by atoms with Gasteiger partial charge in [0.15, 0.2) is 5.82 Å². The molecular formula is C11H13ClN4O2. The molecule has 0 bridgehead atoms. The molecule has 1 atom stereocenters. The molecule has 0 amide bonds. The summed E-state index contributed by atoms with van der Waals surface area (Å²) in [5, 5.41) is 8.68. The molecule has 0 unspecified atom stereocenters. The summed E-state index contributed by atoms with van der Waals surface area (Å²) in [4.78, 5) is 4.40. The van der Waals surface area contributed by atoms with Gasteiger partial charge >= 0.3 is 0 Å². The van der Waals surface area contributed by atoms with Crippen LogP contribution in [-0.2, 0) is 11.3 Å². The van der Waals surface area contributed by atoms with E-state index in [0.29, 0.717) is 35.6 Å². The number of aryl methyl sites for hydroxylation is 1. The maximum absolute atomic E-state index is 6.09. The summed E-state index contributed by atoms with van der Waals surface area (Å²) in [6.45, 7) is 4.09. The second-order valence-corrected chi connectivity index (χ2v) is 4.58. The number of hydrogen-bond donors (Lipinski definition) is 0. The lowest BCUT2D eigenvalue weighted by Gasteiger charge is -2.00. The second kappa shape index (κ2) is 4.70. The van der Waals surface area contributed by atoms with Gasteiger partial charge in [0.05, 0.1) is 17.8 Å². The Morgan fingerprint density at radius 2 is 2.44 bits per heavy atom. The van der Waals surface area contributed by atoms with Crippen molar-refractivity contribution in [2.75, 3.05) is 13.2 Å². The van der Waals surface area contributed by atoms with Crippen LogP contribution in [0.3, 0.4) is 0 Å². The standard InChI is InChI=1S/C11H13ClN4O2/c1-2-16-9(8(12)5-13-16)11-14-10(15-18-11)7-3-4-17-6-7/h5,7H,2-4,6H2,1H3/t7-/m1/s1. The Hall–Kier alpha value is -1.40. The zero-order valence-corrected chi connectivity index (χ0v) is 10.7. The molecule has 2 aromatic rings. The molecule has 18 heavy (non-hydrogen) atoms. The van der Waals surface area contributed by atoms with E-state index in [-0.39, 0.29) is 5.92 Å². The van der Waals surface area contributed by atoms with Crippen LogP contribution in [0.2, 0.25) is 5.02 Å². The molecule has 0 saturated carbocycles. The fourth-order valence-electron chi connectivity index (χ4n) is 2.05. The van der Waals surface area contributed by atoms with Crippen LogP contribution in [0.15, 0.2) is 10.7 Å². The topological polar surface area (TPSA) is 66.0 Å². The van der Waals surface area contributed by atoms with Crippen molar-refractivity contribution in [3.05, 3.63) is 17.0 Å². The van der Waals surface area contributed by atoms with Crippen molar-refractivity contribution in [2.24, 2.45) is 0 Å². The molecule has 0 radical (unpaired) electrons. The van der Waals surface area contributed by atoms with Crippen molar-refractivity contribution in [1.29, 1.82) is 0 Å². The fraction of sp³-hybridized carbons (Fsp3) is 0.545. The molecule has 7 heteroatoms. The first-order valence-electron chi connectivity index (χ1n) is 5.92. The highest BCUT2D eigenvalue weighted by molar-refractivity contribution is 6.32. The normalized spacial score (nSPS) is 19.6. The molecule has 0 spiro atoms. The minimum atomic E-state index is 0.222. The molecule has 1 saturated heterocycles. The number of aromatic nitrogens is 4. The van der Waals surface area contributed by atoms with Crippen LogP contribution in [0.25, 0.3) is 11.6 Å². The van der Waals surface area contributed by atoms with Crippen LogP contribution in [0.4, 0.5) is 0 Å². The van der Waals surface area contributed by atoms with Gasteiger partial charge in [-0.15, -0.1) is 0 Å². The summed E-state index contributed by atoms with van der Waals surface area (Å²) >= 11 is 6.09. The zero-order valence-electron chi connectivity index (χ0n) is 9.97. The number of ether oxygens (including phenoxy) is 1. The Morgan fingerprint density at radius 1 is 1.56 bits per heavy atom. The molecule has 1 aliphatic heterocycles. The third kappa shape index (κ3) is 1.91. The summed E-state index contributed by atoms with van der Waals surface area (Å²) < 4.78 is 12.3. The summed E-state index contributed by atoms with van der Waals surface area (Å²) in [5.74, 6) is 1.32. The third-order valence-electron chi connectivity index (χ3n) is 3.03. The van der Waals surface area contributed by atoms with Crippen LogP contribution in [-0.4, -0.2) is 33.1 Å². The van der Waals surface area contributed by atoms with Gasteiger partial charge in [-0.3, -0.25) is 4.68 Å². The van der Waals surface area contributed by atoms with E-state index < -0.39 is 0 Å². The maximum Gasteiger partial charge on any atom is 0.277 e. The Labute approximate surface area is 109 Å². The van der Waals surface area contributed by atoms with Gasteiger partial charge in [-0.05, 0) is 13.3 Å². The van der Waals surface area contributed by atoms with Gasteiger partial charge in [0, 0.05) is 19.1 Å². The predicted octanol–water partition coefficient (Wildman–Crippen LogP) is 2.11. The number of halogens is 1. The highest BCUT2D eigenvalue weighted by Crippen LogP contribution is 2.29. The van der Waals surface area contributed by atoms with E-state index >= 15 is 0 Å². The lowest BCUT2D eigenvalue weighted by Crippen LogP contribution is -2.01. The maximum atomic E-state index is 6.09. The monoisotopic (exact) mass is 268 g/mol. The summed E-state index contributed by atoms with van der Waals surface area (Å²) in [6.07, 6.45) is 2.52. The van der Waals surface area contributed by atoms with Crippen molar-refractivity contribution in [1.82, 2.24) is 19.9 Å². The van der Waals surface area contributed by atoms with Crippen molar-refractivity contribution in [3.8, 4) is 11.6 Å². The van der Waals surface area contributed by atoms with E-state index in [9.17, 15) is 0 Å². The quantitative estimate of drug-likeness (QED) is 0.853. The zero-order chi connectivity index (χ0) is 12.5. The molecule has 1 fully saturated rings. The molecule has 0 N–H and O–H groups in total. The van der Waals surface area contributed by atoms with E-state index in [1.54, 1.807) is 10.9 Å². The Balaban J connectivity index is 1.94. The molecular weight excluding hydrogens is 256 g/mol. The van der Waals surface area contributed by atoms with Crippen LogP contribution in [0.5, 0.6) is 0 Å². The highest BCUT2D eigenvalue weighted by atomic mass is 35.5. The number of rotatable bonds is 3. The number of hydrogen-bond acceptors (Lipinski definition) is 5. The van der Waals surface area contributed by atoms with E-state index in [0.717, 1.165) is 13.0 Å². The van der Waals surface area contributed by atoms with Gasteiger partial charge in [0.1, 0.15) is 5.69 Å². The van der Waals surface area contributed by atoms with Crippen molar-refractivity contribution >= 4 is 11.6 Å². The largest absolute Gasteiger partial charge is 0.381 e. The highest BCUT2D eigenvalue weighted by Gasteiger charge is 2.25. The predicted molar refractivity (Wildman–Crippen MR) is 64.4 cm³/mol. The van der Waals surface area contributed by atoms with Crippen LogP contribution < -0.4 is 0 Å². The second-order valence-electron chi connectivity index (χ2n) is 4.18. The minimum absolute atomic E-state index is 0.222. The molecule has 0 aromatic carbocycles. The fourth-order valence-corrected chi connectivity index (χ4v) is 2.27. The van der Waals surface area contributed by atoms with Crippen LogP contribution >= 0.6 is 11.6 Å². The summed E-state index contributed by atoms with van der Waals surface area (Å²) in [7, 11) is 0. The SMILES string of the molecule is CCn1ncc(Cl)c1-c1nc([C@@H]2CCOC2)no1. The molecule has 2 aromatic heterocycles. The van der Waals surface area contributed by atoms with Crippen molar-refractivity contribution in [3.63, 3.8) is 0 Å². The first kappa shape index (κ1) is 11.7. The smallest absolute Gasteiger partial charge is 0.277 e. The summed E-state index contributed by atoms with van der Waals surface area (Å²) in [6, 6.07) is 0. The lowest BCUT2D eigenvalue weighted by atomic mass is 10.1. The van der Waals surface area contributed by atoms with Gasteiger partial charge in [-0.2, -0.15) is 10.1 Å². The van der Waals surface area contributed by atoms with Crippen LogP contribution in [0.1, 0.15) is 25.1 Å². The minimum Gasteiger partial charge on any atom is -0.381 e. The lowest BCUT2D eigenvalue weighted by molar-refractivity contribution is 0.192.